The van der Waals surface area contributed by atoms with Crippen LogP contribution in [-0.2, 0) is 13.0 Å². The molecule has 0 saturated carbocycles. The molecular weight excluding hydrogens is 196 g/mol. The molecule has 0 unspecified atom stereocenters. The van der Waals surface area contributed by atoms with Crippen molar-refractivity contribution in [3.05, 3.63) is 41.2 Å². The standard InChI is InChI=1S/C11H15ClN2/c1-2-10-5-3-8-14-11(10)9-13-7-4-6-12/h3-6,8,13H,2,7,9H2,1H3/b6-4+. The SMILES string of the molecule is CCc1cccnc1CNC/C=C/Cl. The fraction of sp³-hybridized carbons (Fsp3) is 0.364. The molecule has 0 amide bonds. The summed E-state index contributed by atoms with van der Waals surface area (Å²) in [7, 11) is 0. The van der Waals surface area contributed by atoms with Gasteiger partial charge in [0.15, 0.2) is 0 Å². The minimum Gasteiger partial charge on any atom is -0.308 e. The third-order valence-corrected chi connectivity index (χ3v) is 2.19. The topological polar surface area (TPSA) is 24.9 Å². The van der Waals surface area contributed by atoms with Crippen molar-refractivity contribution in [2.75, 3.05) is 6.54 Å². The lowest BCUT2D eigenvalue weighted by Gasteiger charge is -2.06. The van der Waals surface area contributed by atoms with Crippen LogP contribution in [-0.4, -0.2) is 11.5 Å². The van der Waals surface area contributed by atoms with Gasteiger partial charge in [-0.2, -0.15) is 0 Å². The van der Waals surface area contributed by atoms with Crippen molar-refractivity contribution in [1.29, 1.82) is 0 Å². The second-order valence-electron chi connectivity index (χ2n) is 2.96. The highest BCUT2D eigenvalue weighted by Crippen LogP contribution is 2.05. The lowest BCUT2D eigenvalue weighted by atomic mass is 10.1. The number of hydrogen-bond acceptors (Lipinski definition) is 2. The van der Waals surface area contributed by atoms with Gasteiger partial charge in [-0.05, 0) is 18.1 Å². The van der Waals surface area contributed by atoms with Crippen LogP contribution in [0.3, 0.4) is 0 Å². The molecule has 14 heavy (non-hydrogen) atoms. The molecule has 1 N–H and O–H groups in total. The Morgan fingerprint density at radius 3 is 3.14 bits per heavy atom. The Kier molecular flexibility index (Phi) is 5.27. The molecule has 0 atom stereocenters. The summed E-state index contributed by atoms with van der Waals surface area (Å²) >= 11 is 5.41. The molecule has 2 nitrogen and oxygen atoms in total. The molecule has 0 spiro atoms. The summed E-state index contributed by atoms with van der Waals surface area (Å²) in [6.07, 6.45) is 4.72. The number of halogens is 1. The van der Waals surface area contributed by atoms with Crippen LogP contribution >= 0.6 is 11.6 Å². The molecule has 1 heterocycles. The highest BCUT2D eigenvalue weighted by atomic mass is 35.5. The zero-order valence-corrected chi connectivity index (χ0v) is 9.09. The van der Waals surface area contributed by atoms with Gasteiger partial charge in [0.05, 0.1) is 5.69 Å². The minimum atomic E-state index is 0.781. The van der Waals surface area contributed by atoms with Gasteiger partial charge in [-0.1, -0.05) is 30.7 Å². The van der Waals surface area contributed by atoms with Crippen LogP contribution in [0, 0.1) is 0 Å². The first-order valence-electron chi connectivity index (χ1n) is 4.77. The van der Waals surface area contributed by atoms with Gasteiger partial charge in [0.1, 0.15) is 0 Å². The van der Waals surface area contributed by atoms with E-state index in [0.717, 1.165) is 25.2 Å². The first-order valence-corrected chi connectivity index (χ1v) is 5.20. The first-order chi connectivity index (χ1) is 6.88. The van der Waals surface area contributed by atoms with Crippen LogP contribution in [0.15, 0.2) is 29.9 Å². The van der Waals surface area contributed by atoms with Crippen LogP contribution < -0.4 is 5.32 Å². The van der Waals surface area contributed by atoms with E-state index in [1.54, 1.807) is 0 Å². The Bertz CT molecular complexity index is 297. The average molecular weight is 211 g/mol. The Morgan fingerprint density at radius 1 is 1.57 bits per heavy atom. The number of hydrogen-bond donors (Lipinski definition) is 1. The molecule has 1 rings (SSSR count). The van der Waals surface area contributed by atoms with Crippen molar-refractivity contribution in [3.63, 3.8) is 0 Å². The molecule has 0 aliphatic rings. The average Bonchev–Trinajstić information content (AvgIpc) is 2.25. The zero-order valence-electron chi connectivity index (χ0n) is 8.33. The van der Waals surface area contributed by atoms with E-state index < -0.39 is 0 Å². The maximum absolute atomic E-state index is 5.41. The summed E-state index contributed by atoms with van der Waals surface area (Å²) in [4.78, 5) is 4.33. The van der Waals surface area contributed by atoms with Gasteiger partial charge in [-0.25, -0.2) is 0 Å². The van der Waals surface area contributed by atoms with Crippen molar-refractivity contribution in [3.8, 4) is 0 Å². The van der Waals surface area contributed by atoms with Crippen LogP contribution in [0.25, 0.3) is 0 Å². The molecule has 0 bridgehead atoms. The van der Waals surface area contributed by atoms with E-state index in [9.17, 15) is 0 Å². The smallest absolute Gasteiger partial charge is 0.0573 e. The van der Waals surface area contributed by atoms with Crippen molar-refractivity contribution < 1.29 is 0 Å². The van der Waals surface area contributed by atoms with Crippen LogP contribution in [0.2, 0.25) is 0 Å². The van der Waals surface area contributed by atoms with E-state index in [-0.39, 0.29) is 0 Å². The van der Waals surface area contributed by atoms with Crippen LogP contribution in [0.4, 0.5) is 0 Å². The number of aromatic nitrogens is 1. The third-order valence-electron chi connectivity index (χ3n) is 2.01. The van der Waals surface area contributed by atoms with Gasteiger partial charge in [-0.3, -0.25) is 4.98 Å². The van der Waals surface area contributed by atoms with Crippen molar-refractivity contribution in [1.82, 2.24) is 10.3 Å². The summed E-state index contributed by atoms with van der Waals surface area (Å²) in [5, 5.41) is 3.24. The summed E-state index contributed by atoms with van der Waals surface area (Å²) in [6, 6.07) is 4.09. The van der Waals surface area contributed by atoms with Crippen molar-refractivity contribution >= 4 is 11.6 Å². The molecular formula is C11H15ClN2. The molecule has 0 saturated heterocycles. The summed E-state index contributed by atoms with van der Waals surface area (Å²) in [5.41, 5.74) is 3.94. The van der Waals surface area contributed by atoms with E-state index in [1.165, 1.54) is 11.1 Å². The molecule has 1 aromatic heterocycles. The monoisotopic (exact) mass is 210 g/mol. The third kappa shape index (κ3) is 3.48. The van der Waals surface area contributed by atoms with E-state index in [2.05, 4.69) is 23.3 Å². The summed E-state index contributed by atoms with van der Waals surface area (Å²) in [6.45, 7) is 3.72. The van der Waals surface area contributed by atoms with Crippen LogP contribution in [0.1, 0.15) is 18.2 Å². The second-order valence-corrected chi connectivity index (χ2v) is 3.21. The number of nitrogens with zero attached hydrogens (tertiary/aromatic N) is 1. The Balaban J connectivity index is 2.49. The fourth-order valence-corrected chi connectivity index (χ4v) is 1.36. The van der Waals surface area contributed by atoms with Gasteiger partial charge in [-0.15, -0.1) is 0 Å². The molecule has 0 aliphatic carbocycles. The van der Waals surface area contributed by atoms with Crippen molar-refractivity contribution in [2.24, 2.45) is 0 Å². The predicted octanol–water partition coefficient (Wildman–Crippen LogP) is 2.49. The highest BCUT2D eigenvalue weighted by Gasteiger charge is 1.99. The maximum Gasteiger partial charge on any atom is 0.0573 e. The van der Waals surface area contributed by atoms with E-state index >= 15 is 0 Å². The van der Waals surface area contributed by atoms with Gasteiger partial charge in [0.2, 0.25) is 0 Å². The Morgan fingerprint density at radius 2 is 2.43 bits per heavy atom. The molecule has 0 aliphatic heterocycles. The molecule has 3 heteroatoms. The number of rotatable bonds is 5. The Labute approximate surface area is 90.0 Å². The molecule has 0 radical (unpaired) electrons. The number of aryl methyl sites for hydroxylation is 1. The number of nitrogens with one attached hydrogen (secondary N) is 1. The second kappa shape index (κ2) is 6.57. The Hall–Kier alpha value is -0.860. The zero-order chi connectivity index (χ0) is 10.2. The van der Waals surface area contributed by atoms with Gasteiger partial charge in [0, 0.05) is 24.8 Å². The molecule has 76 valence electrons. The van der Waals surface area contributed by atoms with E-state index in [0.29, 0.717) is 0 Å². The van der Waals surface area contributed by atoms with E-state index in [1.807, 2.05) is 18.3 Å². The lowest BCUT2D eigenvalue weighted by Crippen LogP contribution is -2.15. The quantitative estimate of drug-likeness (QED) is 0.756. The maximum atomic E-state index is 5.41. The normalized spacial score (nSPS) is 11.0. The van der Waals surface area contributed by atoms with E-state index in [4.69, 9.17) is 11.6 Å². The first kappa shape index (κ1) is 11.2. The summed E-state index contributed by atoms with van der Waals surface area (Å²) < 4.78 is 0. The van der Waals surface area contributed by atoms with Gasteiger partial charge >= 0.3 is 0 Å². The minimum absolute atomic E-state index is 0.781. The highest BCUT2D eigenvalue weighted by molar-refractivity contribution is 6.25. The fourth-order valence-electron chi connectivity index (χ4n) is 1.27. The molecule has 0 aromatic carbocycles. The van der Waals surface area contributed by atoms with Crippen molar-refractivity contribution in [2.45, 2.75) is 19.9 Å². The van der Waals surface area contributed by atoms with Gasteiger partial charge < -0.3 is 5.32 Å². The van der Waals surface area contributed by atoms with Crippen LogP contribution in [0.5, 0.6) is 0 Å². The molecule has 0 fully saturated rings. The lowest BCUT2D eigenvalue weighted by molar-refractivity contribution is 0.730. The largest absolute Gasteiger partial charge is 0.308 e. The number of pyridine rings is 1. The predicted molar refractivity (Wildman–Crippen MR) is 60.3 cm³/mol. The molecule has 1 aromatic rings. The van der Waals surface area contributed by atoms with Gasteiger partial charge in [0.25, 0.3) is 0 Å². The summed E-state index contributed by atoms with van der Waals surface area (Å²) in [5.74, 6) is 0.